The summed E-state index contributed by atoms with van der Waals surface area (Å²) in [5.74, 6) is -1.21. The molecule has 17 nitrogen and oxygen atoms in total. The molecule has 3 heterocycles. The molecule has 47 heavy (non-hydrogen) atoms. The molecule has 0 bridgehead atoms. The van der Waals surface area contributed by atoms with Crippen LogP contribution in [0.15, 0.2) is 0 Å². The Morgan fingerprint density at radius 3 is 1.98 bits per heavy atom. The number of hydrogen-bond donors (Lipinski definition) is 9. The zero-order valence-corrected chi connectivity index (χ0v) is 26.5. The quantitative estimate of drug-likeness (QED) is 0.0819. The van der Waals surface area contributed by atoms with Crippen molar-refractivity contribution in [2.75, 3.05) is 20.3 Å². The Kier molecular flexibility index (Phi) is 12.5. The van der Waals surface area contributed by atoms with E-state index in [-0.39, 0.29) is 18.8 Å². The highest BCUT2D eigenvalue weighted by Gasteiger charge is 2.56. The van der Waals surface area contributed by atoms with E-state index in [0.29, 0.717) is 25.7 Å². The lowest BCUT2D eigenvalue weighted by molar-refractivity contribution is -0.367. The van der Waals surface area contributed by atoms with Crippen molar-refractivity contribution in [3.05, 3.63) is 0 Å². The van der Waals surface area contributed by atoms with E-state index in [9.17, 15) is 50.8 Å². The maximum atomic E-state index is 11.4. The van der Waals surface area contributed by atoms with Crippen LogP contribution in [0.5, 0.6) is 0 Å². The van der Waals surface area contributed by atoms with Crippen molar-refractivity contribution in [2.24, 2.45) is 11.8 Å². The first-order valence-electron chi connectivity index (χ1n) is 16.4. The summed E-state index contributed by atoms with van der Waals surface area (Å²) >= 11 is 0. The minimum Gasteiger partial charge on any atom is -0.463 e. The van der Waals surface area contributed by atoms with Crippen molar-refractivity contribution in [3.8, 4) is 0 Å². The normalized spacial score (nSPS) is 50.8. The van der Waals surface area contributed by atoms with Gasteiger partial charge in [0, 0.05) is 32.8 Å². The first-order chi connectivity index (χ1) is 22.3. The smallest absolute Gasteiger partial charge is 0.302 e. The third-order valence-electron chi connectivity index (χ3n) is 10.4. The molecule has 19 unspecified atom stereocenters. The van der Waals surface area contributed by atoms with Gasteiger partial charge in [-0.25, -0.2) is 0 Å². The van der Waals surface area contributed by atoms with E-state index in [2.05, 4.69) is 0 Å². The molecule has 0 aromatic carbocycles. The largest absolute Gasteiger partial charge is 0.463 e. The predicted molar refractivity (Wildman–Crippen MR) is 154 cm³/mol. The highest BCUT2D eigenvalue weighted by atomic mass is 16.7. The van der Waals surface area contributed by atoms with Gasteiger partial charge < -0.3 is 79.1 Å². The minimum atomic E-state index is -1.68. The lowest BCUT2D eigenvalue weighted by Crippen LogP contribution is -2.64. The summed E-state index contributed by atoms with van der Waals surface area (Å²) in [5, 5.41) is 94.2. The number of carbonyl (C=O) groups is 1. The first-order valence-corrected chi connectivity index (χ1v) is 16.4. The fourth-order valence-corrected chi connectivity index (χ4v) is 7.76. The molecule has 17 heteroatoms. The number of esters is 1. The van der Waals surface area contributed by atoms with Crippen molar-refractivity contribution in [3.63, 3.8) is 0 Å². The van der Waals surface area contributed by atoms with Gasteiger partial charge in [0.05, 0.1) is 36.9 Å². The molecular weight excluding hydrogens is 632 g/mol. The molecular formula is C30H51O17+. The van der Waals surface area contributed by atoms with E-state index >= 15 is 0 Å². The molecule has 2 aliphatic carbocycles. The molecule has 5 aliphatic rings. The van der Waals surface area contributed by atoms with Gasteiger partial charge in [0.2, 0.25) is 0 Å². The highest BCUT2D eigenvalue weighted by Crippen LogP contribution is 2.44. The van der Waals surface area contributed by atoms with Crippen LogP contribution in [-0.2, 0) is 33.2 Å². The molecule has 3 aliphatic heterocycles. The minimum absolute atomic E-state index is 0.106. The van der Waals surface area contributed by atoms with Crippen LogP contribution in [-0.4, -0.2) is 181 Å². The van der Waals surface area contributed by atoms with Gasteiger partial charge in [0.15, 0.2) is 24.8 Å². The molecule has 10 N–H and O–H groups in total. The highest BCUT2D eigenvalue weighted by molar-refractivity contribution is 5.65. The van der Waals surface area contributed by atoms with E-state index in [1.54, 1.807) is 0 Å². The van der Waals surface area contributed by atoms with E-state index in [1.807, 2.05) is 0 Å². The van der Waals surface area contributed by atoms with Crippen LogP contribution in [0.3, 0.4) is 0 Å². The van der Waals surface area contributed by atoms with Crippen molar-refractivity contribution < 1.29 is 83.9 Å². The lowest BCUT2D eigenvalue weighted by atomic mass is 9.72. The van der Waals surface area contributed by atoms with Crippen molar-refractivity contribution in [1.82, 2.24) is 0 Å². The molecule has 0 amide bonds. The molecule has 5 rings (SSSR count). The average molecular weight is 684 g/mol. The van der Waals surface area contributed by atoms with Gasteiger partial charge in [0.25, 0.3) is 0 Å². The number of rotatable bonds is 9. The fraction of sp³-hybridized carbons (Fsp3) is 0.967. The van der Waals surface area contributed by atoms with Gasteiger partial charge in [-0.2, -0.15) is 0 Å². The molecule has 0 aromatic rings. The molecule has 0 spiro atoms. The summed E-state index contributed by atoms with van der Waals surface area (Å²) in [4.78, 5) is 11.4. The van der Waals surface area contributed by atoms with E-state index in [4.69, 9.17) is 33.2 Å². The van der Waals surface area contributed by atoms with Crippen LogP contribution in [0.4, 0.5) is 0 Å². The zero-order valence-electron chi connectivity index (χ0n) is 26.5. The van der Waals surface area contributed by atoms with E-state index in [0.717, 1.165) is 0 Å². The Bertz CT molecular complexity index is 1020. The van der Waals surface area contributed by atoms with Gasteiger partial charge in [-0.05, 0) is 25.7 Å². The molecule has 19 atom stereocenters. The molecule has 5 fully saturated rings. The summed E-state index contributed by atoms with van der Waals surface area (Å²) in [6.07, 6.45) is -17.5. The number of aliphatic hydroxyl groups is 11. The maximum absolute atomic E-state index is 11.4. The molecule has 0 radical (unpaired) electrons. The Balaban J connectivity index is 1.38. The second-order valence-electron chi connectivity index (χ2n) is 13.5. The van der Waals surface area contributed by atoms with Crippen LogP contribution < -0.4 is 0 Å². The van der Waals surface area contributed by atoms with Gasteiger partial charge in [0.1, 0.15) is 61.5 Å². The zero-order chi connectivity index (χ0) is 34.2. The van der Waals surface area contributed by atoms with Gasteiger partial charge in [-0.3, -0.25) is 4.79 Å². The number of hydrogen-bond acceptors (Lipinski definition) is 16. The van der Waals surface area contributed by atoms with E-state index < -0.39 is 129 Å². The maximum Gasteiger partial charge on any atom is 0.302 e. The van der Waals surface area contributed by atoms with Crippen LogP contribution in [0, 0.1) is 11.8 Å². The predicted octanol–water partition coefficient (Wildman–Crippen LogP) is -4.46. The van der Waals surface area contributed by atoms with Crippen LogP contribution >= 0.6 is 0 Å². The van der Waals surface area contributed by atoms with Crippen LogP contribution in [0.2, 0.25) is 0 Å². The Labute approximate surface area is 271 Å². The number of aliphatic hydroxyl groups excluding tert-OH is 9. The Hall–Kier alpha value is -1.13. The summed E-state index contributed by atoms with van der Waals surface area (Å²) in [6, 6.07) is 0. The molecule has 0 aromatic heterocycles. The number of carbonyl (C=O) groups excluding carboxylic acids is 1. The summed E-state index contributed by atoms with van der Waals surface area (Å²) < 4.78 is 39.5. The number of methoxy groups -OCH3 is 1. The summed E-state index contributed by atoms with van der Waals surface area (Å²) in [5.41, 5.74) is 0. The van der Waals surface area contributed by atoms with Crippen molar-refractivity contribution >= 4 is 5.97 Å². The summed E-state index contributed by atoms with van der Waals surface area (Å²) in [7, 11) is 1.51. The first kappa shape index (κ1) is 37.1. The van der Waals surface area contributed by atoms with Crippen molar-refractivity contribution in [1.29, 1.82) is 0 Å². The van der Waals surface area contributed by atoms with Crippen molar-refractivity contribution in [2.45, 2.75) is 150 Å². The standard InChI is InChI=1S/C30H50O17/c1-11(32)42-10-21-23(36)25(38)27(40)29(47-21)44-17-7-13(33)6-16-14(17)8-19(28(43-16)12-3-4-15(34)18(5-12)41-2)45-30-26(39)24(37)22(35)20(9-31)46-30/h12-31,33-40H,3-10H2,1-2H3/p+1. The SMILES string of the molecule is COC1CC(C2[OH+]C3CC(O)CC(OC4OC(COC(C)=O)C(O)C(O)C4O)C3CC2OC2OC(CO)C(O)C(O)C2O)CCC1O. The summed E-state index contributed by atoms with van der Waals surface area (Å²) in [6.45, 7) is 0.135. The second-order valence-corrected chi connectivity index (χ2v) is 13.5. The topological polar surface area (TPSA) is 267 Å². The third kappa shape index (κ3) is 8.10. The Morgan fingerprint density at radius 1 is 0.745 bits per heavy atom. The molecule has 272 valence electrons. The Morgan fingerprint density at radius 2 is 1.36 bits per heavy atom. The monoisotopic (exact) mass is 683 g/mol. The third-order valence-corrected chi connectivity index (χ3v) is 10.4. The van der Waals surface area contributed by atoms with Crippen LogP contribution in [0.25, 0.3) is 0 Å². The molecule has 3 saturated heterocycles. The van der Waals surface area contributed by atoms with Gasteiger partial charge >= 0.3 is 5.97 Å². The molecule has 2 saturated carbocycles. The fourth-order valence-electron chi connectivity index (χ4n) is 7.76. The number of fused-ring (bicyclic) bond motifs is 1. The van der Waals surface area contributed by atoms with Crippen LogP contribution in [0.1, 0.15) is 45.4 Å². The van der Waals surface area contributed by atoms with E-state index in [1.165, 1.54) is 14.0 Å². The second kappa shape index (κ2) is 15.8. The lowest BCUT2D eigenvalue weighted by Gasteiger charge is -2.50. The number of ether oxygens (including phenoxy) is 7. The van der Waals surface area contributed by atoms with Gasteiger partial charge in [-0.1, -0.05) is 0 Å². The van der Waals surface area contributed by atoms with Gasteiger partial charge in [-0.15, -0.1) is 0 Å². The average Bonchev–Trinajstić information content (AvgIpc) is 3.04.